The first kappa shape index (κ1) is 24.8. The second-order valence-corrected chi connectivity index (χ2v) is 8.81. The molecule has 4 rings (SSSR count). The average molecular weight is 504 g/mol. The summed E-state index contributed by atoms with van der Waals surface area (Å²) in [5, 5.41) is 6.23. The first-order valence-corrected chi connectivity index (χ1v) is 11.7. The summed E-state index contributed by atoms with van der Waals surface area (Å²) in [6.45, 7) is 2.67. The van der Waals surface area contributed by atoms with Gasteiger partial charge >= 0.3 is 0 Å². The summed E-state index contributed by atoms with van der Waals surface area (Å²) in [5.41, 5.74) is 0.773. The largest absolute Gasteiger partial charge is 0.480 e. The SMILES string of the molecule is COc1nc(N[C@@H]2CCN(C(=O)c3ccc(NC(=O)/C=C/CN4CC[C@@H](F)C4)cn3)C2)ncc1Cl. The Balaban J connectivity index is 1.25. The number of nitrogens with one attached hydrogen (secondary N) is 2. The molecule has 35 heavy (non-hydrogen) atoms. The molecular formula is C23H27ClFN7O3. The molecule has 2 fully saturated rings. The molecule has 2 aromatic heterocycles. The van der Waals surface area contributed by atoms with Crippen LogP contribution in [0.4, 0.5) is 16.0 Å². The van der Waals surface area contributed by atoms with Gasteiger partial charge in [-0.05, 0) is 25.0 Å². The highest BCUT2D eigenvalue weighted by molar-refractivity contribution is 6.31. The van der Waals surface area contributed by atoms with Gasteiger partial charge in [0.15, 0.2) is 0 Å². The van der Waals surface area contributed by atoms with Gasteiger partial charge in [-0.3, -0.25) is 14.5 Å². The molecule has 0 saturated carbocycles. The van der Waals surface area contributed by atoms with E-state index in [2.05, 4.69) is 25.6 Å². The Bertz CT molecular complexity index is 1090. The van der Waals surface area contributed by atoms with Crippen LogP contribution in [0.3, 0.4) is 0 Å². The van der Waals surface area contributed by atoms with Crippen LogP contribution in [0.2, 0.25) is 5.02 Å². The van der Waals surface area contributed by atoms with Crippen LogP contribution < -0.4 is 15.4 Å². The molecule has 186 valence electrons. The molecule has 2 aliphatic heterocycles. The number of pyridine rings is 1. The Morgan fingerprint density at radius 3 is 2.80 bits per heavy atom. The number of alkyl halides is 1. The van der Waals surface area contributed by atoms with E-state index in [4.69, 9.17) is 16.3 Å². The summed E-state index contributed by atoms with van der Waals surface area (Å²) in [7, 11) is 1.48. The van der Waals surface area contributed by atoms with E-state index in [1.165, 1.54) is 25.6 Å². The maximum absolute atomic E-state index is 13.2. The Morgan fingerprint density at radius 1 is 1.23 bits per heavy atom. The van der Waals surface area contributed by atoms with Crippen LogP contribution in [0.5, 0.6) is 5.88 Å². The minimum atomic E-state index is -0.783. The molecule has 2 amide bonds. The van der Waals surface area contributed by atoms with Crippen LogP contribution in [0.25, 0.3) is 0 Å². The van der Waals surface area contributed by atoms with Crippen molar-refractivity contribution in [3.63, 3.8) is 0 Å². The monoisotopic (exact) mass is 503 g/mol. The van der Waals surface area contributed by atoms with Crippen molar-refractivity contribution in [3.05, 3.63) is 47.4 Å². The number of methoxy groups -OCH3 is 1. The van der Waals surface area contributed by atoms with Gasteiger partial charge in [-0.2, -0.15) is 4.98 Å². The molecule has 2 N–H and O–H groups in total. The van der Waals surface area contributed by atoms with Crippen molar-refractivity contribution in [2.24, 2.45) is 0 Å². The molecule has 2 atom stereocenters. The second-order valence-electron chi connectivity index (χ2n) is 8.40. The van der Waals surface area contributed by atoms with E-state index in [1.54, 1.807) is 23.1 Å². The van der Waals surface area contributed by atoms with Crippen LogP contribution >= 0.6 is 11.6 Å². The lowest BCUT2D eigenvalue weighted by Gasteiger charge is -2.17. The molecule has 2 saturated heterocycles. The first-order chi connectivity index (χ1) is 16.9. The fourth-order valence-electron chi connectivity index (χ4n) is 4.01. The van der Waals surface area contributed by atoms with Gasteiger partial charge in [0, 0.05) is 44.8 Å². The van der Waals surface area contributed by atoms with Crippen molar-refractivity contribution in [2.75, 3.05) is 50.5 Å². The third-order valence-corrected chi connectivity index (χ3v) is 6.07. The second kappa shape index (κ2) is 11.4. The van der Waals surface area contributed by atoms with E-state index < -0.39 is 6.17 Å². The molecule has 0 radical (unpaired) electrons. The fourth-order valence-corrected chi connectivity index (χ4v) is 4.18. The number of nitrogens with zero attached hydrogens (tertiary/aromatic N) is 5. The smallest absolute Gasteiger partial charge is 0.272 e. The van der Waals surface area contributed by atoms with Crippen LogP contribution in [0, 0.1) is 0 Å². The van der Waals surface area contributed by atoms with Crippen LogP contribution in [0.15, 0.2) is 36.7 Å². The maximum Gasteiger partial charge on any atom is 0.272 e. The quantitative estimate of drug-likeness (QED) is 0.528. The van der Waals surface area contributed by atoms with E-state index in [0.29, 0.717) is 61.5 Å². The standard InChI is InChI=1S/C23H27ClFN7O3/c1-35-21-18(24)12-27-23(30-21)29-17-7-10-32(14-17)22(34)19-5-4-16(11-26-19)28-20(33)3-2-8-31-9-6-15(25)13-31/h2-5,11-12,15,17H,6-10,13-14H2,1H3,(H,28,33)(H,27,29,30)/b3-2+/t15-,17-/m1/s1. The van der Waals surface area contributed by atoms with Crippen molar-refractivity contribution in [1.29, 1.82) is 0 Å². The van der Waals surface area contributed by atoms with E-state index in [1.807, 2.05) is 4.90 Å². The number of ether oxygens (including phenoxy) is 1. The molecule has 0 spiro atoms. The minimum absolute atomic E-state index is 0.0217. The highest BCUT2D eigenvalue weighted by Crippen LogP contribution is 2.23. The molecule has 0 aromatic carbocycles. The third kappa shape index (κ3) is 6.64. The van der Waals surface area contributed by atoms with E-state index in [0.717, 1.165) is 6.42 Å². The highest BCUT2D eigenvalue weighted by atomic mass is 35.5. The number of halogens is 2. The van der Waals surface area contributed by atoms with Crippen molar-refractivity contribution in [1.82, 2.24) is 24.8 Å². The van der Waals surface area contributed by atoms with Gasteiger partial charge in [-0.25, -0.2) is 14.4 Å². The zero-order valence-corrected chi connectivity index (χ0v) is 20.0. The number of amides is 2. The lowest BCUT2D eigenvalue weighted by atomic mass is 10.3. The Morgan fingerprint density at radius 2 is 2.09 bits per heavy atom. The van der Waals surface area contributed by atoms with Gasteiger partial charge in [0.1, 0.15) is 16.9 Å². The lowest BCUT2D eigenvalue weighted by molar-refractivity contribution is -0.111. The van der Waals surface area contributed by atoms with Gasteiger partial charge < -0.3 is 20.3 Å². The third-order valence-electron chi connectivity index (χ3n) is 5.81. The molecule has 2 aromatic rings. The van der Waals surface area contributed by atoms with Crippen LogP contribution in [-0.2, 0) is 4.79 Å². The van der Waals surface area contributed by atoms with Gasteiger partial charge in [0.25, 0.3) is 5.91 Å². The summed E-state index contributed by atoms with van der Waals surface area (Å²) in [4.78, 5) is 41.2. The summed E-state index contributed by atoms with van der Waals surface area (Å²) in [6, 6.07) is 3.20. The summed E-state index contributed by atoms with van der Waals surface area (Å²) < 4.78 is 18.3. The molecule has 0 bridgehead atoms. The fraction of sp³-hybridized carbons (Fsp3) is 0.435. The topological polar surface area (TPSA) is 113 Å². The number of carbonyl (C=O) groups is 2. The number of aromatic nitrogens is 3. The predicted octanol–water partition coefficient (Wildman–Crippen LogP) is 2.40. The van der Waals surface area contributed by atoms with E-state index in [9.17, 15) is 14.0 Å². The van der Waals surface area contributed by atoms with Crippen molar-refractivity contribution in [3.8, 4) is 5.88 Å². The van der Waals surface area contributed by atoms with Crippen molar-refractivity contribution >= 4 is 35.1 Å². The molecule has 10 nitrogen and oxygen atoms in total. The average Bonchev–Trinajstić information content (AvgIpc) is 3.49. The number of anilines is 2. The predicted molar refractivity (Wildman–Crippen MR) is 129 cm³/mol. The molecule has 12 heteroatoms. The number of likely N-dealkylation sites (tertiary alicyclic amines) is 2. The molecular weight excluding hydrogens is 477 g/mol. The number of hydrogen-bond donors (Lipinski definition) is 2. The zero-order chi connectivity index (χ0) is 24.8. The van der Waals surface area contributed by atoms with Gasteiger partial charge in [-0.1, -0.05) is 17.7 Å². The highest BCUT2D eigenvalue weighted by Gasteiger charge is 2.28. The Kier molecular flexibility index (Phi) is 8.09. The molecule has 4 heterocycles. The van der Waals surface area contributed by atoms with Crippen LogP contribution in [0.1, 0.15) is 23.3 Å². The van der Waals surface area contributed by atoms with Gasteiger partial charge in [-0.15, -0.1) is 0 Å². The van der Waals surface area contributed by atoms with Crippen molar-refractivity contribution < 1.29 is 18.7 Å². The lowest BCUT2D eigenvalue weighted by Crippen LogP contribution is -2.32. The summed E-state index contributed by atoms with van der Waals surface area (Å²) >= 11 is 5.96. The van der Waals surface area contributed by atoms with Crippen molar-refractivity contribution in [2.45, 2.75) is 25.1 Å². The van der Waals surface area contributed by atoms with E-state index >= 15 is 0 Å². The number of carbonyl (C=O) groups excluding carboxylic acids is 2. The number of rotatable bonds is 8. The normalized spacial score (nSPS) is 20.4. The summed E-state index contributed by atoms with van der Waals surface area (Å²) in [6.07, 6.45) is 6.52. The Labute approximate surface area is 207 Å². The van der Waals surface area contributed by atoms with Gasteiger partial charge in [0.05, 0.1) is 25.2 Å². The summed E-state index contributed by atoms with van der Waals surface area (Å²) in [5.74, 6) is 0.156. The number of hydrogen-bond acceptors (Lipinski definition) is 8. The van der Waals surface area contributed by atoms with Gasteiger partial charge in [0.2, 0.25) is 17.7 Å². The first-order valence-electron chi connectivity index (χ1n) is 11.3. The molecule has 0 aliphatic carbocycles. The molecule has 0 unspecified atom stereocenters. The molecule has 2 aliphatic rings. The van der Waals surface area contributed by atoms with E-state index in [-0.39, 0.29) is 23.7 Å². The minimum Gasteiger partial charge on any atom is -0.480 e. The zero-order valence-electron chi connectivity index (χ0n) is 19.3. The Hall–Kier alpha value is -3.31. The van der Waals surface area contributed by atoms with Crippen LogP contribution in [-0.4, -0.2) is 88.6 Å². The maximum atomic E-state index is 13.2.